The molecule has 1 saturated heterocycles. The van der Waals surface area contributed by atoms with E-state index in [-0.39, 0.29) is 13.0 Å². The normalized spacial score (nSPS) is 27.7. The standard InChI is InChI=1S/C6H11F3O6S2/c7-6(8,9)4-17(12,13)15-5-1-2-14-16(10,11)3-5/h5,10-11H,1-4H2. The van der Waals surface area contributed by atoms with Crippen molar-refractivity contribution in [2.75, 3.05) is 18.1 Å². The summed E-state index contributed by atoms with van der Waals surface area (Å²) in [4.78, 5) is 0. The first kappa shape index (κ1) is 15.0. The molecule has 2 N–H and O–H groups in total. The minimum Gasteiger partial charge on any atom is -0.308 e. The molecule has 17 heavy (non-hydrogen) atoms. The highest BCUT2D eigenvalue weighted by molar-refractivity contribution is 8.20. The van der Waals surface area contributed by atoms with Crippen molar-refractivity contribution in [3.8, 4) is 0 Å². The van der Waals surface area contributed by atoms with E-state index in [1.807, 2.05) is 0 Å². The van der Waals surface area contributed by atoms with E-state index in [2.05, 4.69) is 8.37 Å². The molecule has 0 saturated carbocycles. The Morgan fingerprint density at radius 2 is 2.00 bits per heavy atom. The Morgan fingerprint density at radius 3 is 2.47 bits per heavy atom. The lowest BCUT2D eigenvalue weighted by atomic mass is 10.3. The van der Waals surface area contributed by atoms with Crippen LogP contribution >= 0.6 is 10.9 Å². The van der Waals surface area contributed by atoms with Crippen LogP contribution in [-0.2, 0) is 18.5 Å². The monoisotopic (exact) mass is 300 g/mol. The first-order chi connectivity index (χ1) is 7.49. The lowest BCUT2D eigenvalue weighted by molar-refractivity contribution is -0.107. The van der Waals surface area contributed by atoms with E-state index in [1.165, 1.54) is 0 Å². The minimum atomic E-state index is -4.90. The first-order valence-electron chi connectivity index (χ1n) is 4.37. The summed E-state index contributed by atoms with van der Waals surface area (Å²) in [7, 11) is -8.20. The molecule has 104 valence electrons. The lowest BCUT2D eigenvalue weighted by Crippen LogP contribution is -2.34. The SMILES string of the molecule is O=S(=O)(CC(F)(F)F)OC1CCOS(O)(O)C1. The van der Waals surface area contributed by atoms with Gasteiger partial charge in [-0.25, -0.2) is 0 Å². The van der Waals surface area contributed by atoms with Gasteiger partial charge in [0.1, 0.15) is 0 Å². The molecule has 0 aromatic rings. The summed E-state index contributed by atoms with van der Waals surface area (Å²) in [6, 6.07) is 0. The van der Waals surface area contributed by atoms with Crippen molar-refractivity contribution in [3.63, 3.8) is 0 Å². The molecule has 1 heterocycles. The maximum atomic E-state index is 11.9. The second-order valence-corrected chi connectivity index (χ2v) is 6.80. The minimum absolute atomic E-state index is 0.0209. The molecule has 0 spiro atoms. The van der Waals surface area contributed by atoms with Crippen molar-refractivity contribution in [3.05, 3.63) is 0 Å². The van der Waals surface area contributed by atoms with Gasteiger partial charge >= 0.3 is 6.18 Å². The average Bonchev–Trinajstić information content (AvgIpc) is 1.94. The number of alkyl halides is 3. The van der Waals surface area contributed by atoms with Crippen LogP contribution in [0.15, 0.2) is 0 Å². The van der Waals surface area contributed by atoms with E-state index in [9.17, 15) is 21.6 Å². The van der Waals surface area contributed by atoms with Crippen LogP contribution in [0.3, 0.4) is 0 Å². The van der Waals surface area contributed by atoms with Gasteiger partial charge in [-0.3, -0.25) is 8.37 Å². The summed E-state index contributed by atoms with van der Waals surface area (Å²) < 4.78 is 84.6. The Morgan fingerprint density at radius 1 is 1.41 bits per heavy atom. The van der Waals surface area contributed by atoms with Crippen LogP contribution in [0.1, 0.15) is 6.42 Å². The molecule has 6 nitrogen and oxygen atoms in total. The molecule has 0 amide bonds. The number of hydrogen-bond acceptors (Lipinski definition) is 6. The molecule has 1 rings (SSSR count). The second kappa shape index (κ2) is 4.90. The van der Waals surface area contributed by atoms with Crippen molar-refractivity contribution in [2.45, 2.75) is 18.7 Å². The van der Waals surface area contributed by atoms with E-state index in [0.29, 0.717) is 0 Å². The fourth-order valence-corrected chi connectivity index (χ4v) is 3.52. The summed E-state index contributed by atoms with van der Waals surface area (Å²) in [5, 5.41) is 0. The van der Waals surface area contributed by atoms with Gasteiger partial charge in [-0.05, 0) is 0 Å². The van der Waals surface area contributed by atoms with E-state index < -0.39 is 44.8 Å². The average molecular weight is 300 g/mol. The maximum Gasteiger partial charge on any atom is 0.405 e. The first-order valence-corrected chi connectivity index (χ1v) is 7.59. The fourth-order valence-electron chi connectivity index (χ4n) is 1.20. The topological polar surface area (TPSA) is 93.1 Å². The van der Waals surface area contributed by atoms with E-state index in [0.717, 1.165) is 0 Å². The Hall–Kier alpha value is -0.0700. The maximum absolute atomic E-state index is 11.9. The lowest BCUT2D eigenvalue weighted by Gasteiger charge is -2.34. The van der Waals surface area contributed by atoms with Crippen molar-refractivity contribution in [1.82, 2.24) is 0 Å². The summed E-state index contributed by atoms with van der Waals surface area (Å²) in [5.41, 5.74) is 0. The van der Waals surface area contributed by atoms with Gasteiger partial charge in [0, 0.05) is 6.42 Å². The van der Waals surface area contributed by atoms with Gasteiger partial charge in [0.25, 0.3) is 10.1 Å². The van der Waals surface area contributed by atoms with E-state index in [4.69, 9.17) is 9.11 Å². The molecule has 1 fully saturated rings. The van der Waals surface area contributed by atoms with Gasteiger partial charge in [0.05, 0.1) is 29.3 Å². The van der Waals surface area contributed by atoms with Gasteiger partial charge in [-0.2, -0.15) is 21.6 Å². The van der Waals surface area contributed by atoms with Crippen LogP contribution in [0.2, 0.25) is 0 Å². The predicted molar refractivity (Wildman–Crippen MR) is 53.0 cm³/mol. The molecule has 1 aliphatic heterocycles. The Labute approximate surface area is 97.4 Å². The zero-order valence-electron chi connectivity index (χ0n) is 8.38. The number of rotatable bonds is 3. The van der Waals surface area contributed by atoms with Crippen LogP contribution in [0, 0.1) is 0 Å². The zero-order valence-corrected chi connectivity index (χ0v) is 10.0. The summed E-state index contributed by atoms with van der Waals surface area (Å²) in [6.07, 6.45) is -6.12. The van der Waals surface area contributed by atoms with Crippen LogP contribution in [0.4, 0.5) is 13.2 Å². The van der Waals surface area contributed by atoms with Crippen LogP contribution in [-0.4, -0.2) is 47.9 Å². The highest BCUT2D eigenvalue weighted by atomic mass is 32.3. The molecular formula is C6H11F3O6S2. The van der Waals surface area contributed by atoms with Crippen molar-refractivity contribution >= 4 is 21.0 Å². The van der Waals surface area contributed by atoms with Gasteiger partial charge in [-0.15, -0.1) is 0 Å². The molecule has 0 aliphatic carbocycles. The zero-order chi connectivity index (χ0) is 13.3. The van der Waals surface area contributed by atoms with Gasteiger partial charge in [0.2, 0.25) is 0 Å². The highest BCUT2D eigenvalue weighted by Crippen LogP contribution is 2.44. The Balaban J connectivity index is 2.59. The van der Waals surface area contributed by atoms with Gasteiger partial charge in [0.15, 0.2) is 5.75 Å². The Kier molecular flexibility index (Phi) is 4.32. The van der Waals surface area contributed by atoms with Gasteiger partial charge < -0.3 is 9.11 Å². The van der Waals surface area contributed by atoms with Crippen LogP contribution in [0.5, 0.6) is 0 Å². The number of halogens is 3. The van der Waals surface area contributed by atoms with Crippen LogP contribution in [0.25, 0.3) is 0 Å². The van der Waals surface area contributed by atoms with Crippen molar-refractivity contribution < 1.29 is 39.1 Å². The molecule has 11 heteroatoms. The van der Waals surface area contributed by atoms with Gasteiger partial charge in [-0.1, -0.05) is 0 Å². The van der Waals surface area contributed by atoms with E-state index in [1.54, 1.807) is 0 Å². The van der Waals surface area contributed by atoms with Crippen LogP contribution < -0.4 is 0 Å². The third-order valence-electron chi connectivity index (χ3n) is 1.74. The van der Waals surface area contributed by atoms with E-state index >= 15 is 0 Å². The quantitative estimate of drug-likeness (QED) is 0.764. The third kappa shape index (κ3) is 5.88. The van der Waals surface area contributed by atoms with Crippen molar-refractivity contribution in [1.29, 1.82) is 0 Å². The molecule has 1 unspecified atom stereocenters. The summed E-state index contributed by atoms with van der Waals surface area (Å²) in [6.45, 7) is -0.186. The predicted octanol–water partition coefficient (Wildman–Crippen LogP) is 1.35. The molecule has 1 aliphatic rings. The molecule has 0 bridgehead atoms. The number of hydrogen-bond donors (Lipinski definition) is 2. The summed E-state index contributed by atoms with van der Waals surface area (Å²) >= 11 is 0. The summed E-state index contributed by atoms with van der Waals surface area (Å²) in [5.74, 6) is -2.65. The molecule has 1 atom stereocenters. The largest absolute Gasteiger partial charge is 0.405 e. The highest BCUT2D eigenvalue weighted by Gasteiger charge is 2.39. The second-order valence-electron chi connectivity index (χ2n) is 3.42. The molecular weight excluding hydrogens is 289 g/mol. The molecule has 0 aromatic carbocycles. The van der Waals surface area contributed by atoms with Crippen molar-refractivity contribution in [2.24, 2.45) is 0 Å². The Bertz CT molecular complexity index is 364. The fraction of sp³-hybridized carbons (Fsp3) is 1.00. The molecule has 0 radical (unpaired) electrons. The molecule has 0 aromatic heterocycles. The smallest absolute Gasteiger partial charge is 0.308 e. The third-order valence-corrected chi connectivity index (χ3v) is 4.33.